The lowest BCUT2D eigenvalue weighted by Crippen LogP contribution is -2.36. The number of benzene rings is 1. The van der Waals surface area contributed by atoms with Gasteiger partial charge in [-0.25, -0.2) is 0 Å². The first kappa shape index (κ1) is 16.5. The third kappa shape index (κ3) is 5.41. The van der Waals surface area contributed by atoms with Crippen LogP contribution in [0.25, 0.3) is 0 Å². The quantitative estimate of drug-likeness (QED) is 0.767. The van der Waals surface area contributed by atoms with Gasteiger partial charge in [-0.1, -0.05) is 24.4 Å². The summed E-state index contributed by atoms with van der Waals surface area (Å²) >= 11 is 8.81. The average Bonchev–Trinajstić information content (AvgIpc) is 2.52. The van der Waals surface area contributed by atoms with E-state index in [0.29, 0.717) is 23.1 Å². The van der Waals surface area contributed by atoms with E-state index in [0.717, 1.165) is 11.5 Å². The number of nitrogens with two attached hydrogens (primary N) is 1. The normalized spacial score (nSPS) is 18.0. The highest BCUT2D eigenvalue weighted by Gasteiger charge is 2.15. The lowest BCUT2D eigenvalue weighted by Gasteiger charge is -2.21. The molecule has 114 valence electrons. The zero-order valence-corrected chi connectivity index (χ0v) is 14.0. The number of rotatable bonds is 6. The molecule has 1 aliphatic heterocycles. The first-order valence-electron chi connectivity index (χ1n) is 6.64. The number of nitrogens with one attached hydrogen (secondary N) is 1. The van der Waals surface area contributed by atoms with Crippen LogP contribution in [0.1, 0.15) is 5.56 Å². The van der Waals surface area contributed by atoms with Gasteiger partial charge >= 0.3 is 0 Å². The summed E-state index contributed by atoms with van der Waals surface area (Å²) in [6, 6.07) is 7.20. The van der Waals surface area contributed by atoms with E-state index in [1.54, 1.807) is 12.1 Å². The molecule has 7 heteroatoms. The van der Waals surface area contributed by atoms with Crippen molar-refractivity contribution in [2.24, 2.45) is 5.73 Å². The van der Waals surface area contributed by atoms with Gasteiger partial charge in [0.25, 0.3) is 5.91 Å². The second-order valence-corrected chi connectivity index (χ2v) is 7.52. The van der Waals surface area contributed by atoms with Crippen molar-refractivity contribution in [2.75, 3.05) is 30.4 Å². The summed E-state index contributed by atoms with van der Waals surface area (Å²) in [6.07, 6.45) is 0. The van der Waals surface area contributed by atoms with Gasteiger partial charge in [0, 0.05) is 29.1 Å². The second kappa shape index (κ2) is 8.51. The molecule has 1 fully saturated rings. The van der Waals surface area contributed by atoms with E-state index in [2.05, 4.69) is 5.32 Å². The summed E-state index contributed by atoms with van der Waals surface area (Å²) in [4.78, 5) is 12.1. The Hall–Kier alpha value is -0.920. The van der Waals surface area contributed by atoms with Gasteiger partial charge in [0.1, 0.15) is 10.7 Å². The van der Waals surface area contributed by atoms with Crippen molar-refractivity contribution in [3.8, 4) is 5.75 Å². The maximum atomic E-state index is 11.8. The van der Waals surface area contributed by atoms with E-state index in [1.165, 1.54) is 5.75 Å². The number of thioether (sulfide) groups is 2. The number of hydrogen-bond donors (Lipinski definition) is 2. The topological polar surface area (TPSA) is 64.3 Å². The minimum atomic E-state index is -0.121. The van der Waals surface area contributed by atoms with Crippen LogP contribution in [-0.2, 0) is 4.79 Å². The number of carbonyl (C=O) groups is 1. The monoisotopic (exact) mass is 342 g/mol. The molecular weight excluding hydrogens is 324 g/mol. The van der Waals surface area contributed by atoms with E-state index in [-0.39, 0.29) is 17.5 Å². The Morgan fingerprint density at radius 1 is 1.43 bits per heavy atom. The number of carbonyl (C=O) groups excluding carboxylic acids is 1. The fourth-order valence-electron chi connectivity index (χ4n) is 1.87. The minimum Gasteiger partial charge on any atom is -0.483 e. The van der Waals surface area contributed by atoms with Crippen LogP contribution in [0.3, 0.4) is 0 Å². The Kier molecular flexibility index (Phi) is 6.66. The predicted molar refractivity (Wildman–Crippen MR) is 94.4 cm³/mol. The van der Waals surface area contributed by atoms with Gasteiger partial charge in [-0.05, 0) is 12.1 Å². The highest BCUT2D eigenvalue weighted by atomic mass is 32.2. The van der Waals surface area contributed by atoms with Crippen LogP contribution >= 0.6 is 35.7 Å². The third-order valence-corrected chi connectivity index (χ3v) is 5.99. The molecule has 0 saturated carbocycles. The van der Waals surface area contributed by atoms with E-state index in [4.69, 9.17) is 22.7 Å². The number of hydrogen-bond acceptors (Lipinski definition) is 5. The van der Waals surface area contributed by atoms with Crippen molar-refractivity contribution in [1.82, 2.24) is 5.32 Å². The Balaban J connectivity index is 1.77. The van der Waals surface area contributed by atoms with Crippen LogP contribution in [0.15, 0.2) is 24.3 Å². The van der Waals surface area contributed by atoms with Gasteiger partial charge in [0.05, 0.1) is 5.56 Å². The Bertz CT molecular complexity index is 505. The summed E-state index contributed by atoms with van der Waals surface area (Å²) in [5.41, 5.74) is 6.28. The molecule has 2 rings (SSSR count). The van der Waals surface area contributed by atoms with Crippen molar-refractivity contribution in [3.63, 3.8) is 0 Å². The minimum absolute atomic E-state index is 0.0237. The van der Waals surface area contributed by atoms with E-state index >= 15 is 0 Å². The van der Waals surface area contributed by atoms with E-state index < -0.39 is 0 Å². The molecule has 0 aliphatic carbocycles. The highest BCUT2D eigenvalue weighted by molar-refractivity contribution is 8.06. The van der Waals surface area contributed by atoms with Crippen molar-refractivity contribution in [3.05, 3.63) is 29.8 Å². The van der Waals surface area contributed by atoms with Gasteiger partial charge in [0.2, 0.25) is 0 Å². The first-order chi connectivity index (χ1) is 10.2. The SMILES string of the molecule is NC(=S)c1ccccc1OCC(=O)NCC1CSCCS1. The van der Waals surface area contributed by atoms with Gasteiger partial charge in [-0.2, -0.15) is 23.5 Å². The molecule has 0 aromatic heterocycles. The van der Waals surface area contributed by atoms with Gasteiger partial charge in [0.15, 0.2) is 6.61 Å². The summed E-state index contributed by atoms with van der Waals surface area (Å²) in [7, 11) is 0. The highest BCUT2D eigenvalue weighted by Crippen LogP contribution is 2.23. The molecule has 1 heterocycles. The molecule has 0 spiro atoms. The number of thiocarbonyl (C=S) groups is 1. The number of ether oxygens (including phenoxy) is 1. The molecule has 1 saturated heterocycles. The predicted octanol–water partition coefficient (Wildman–Crippen LogP) is 1.66. The van der Waals surface area contributed by atoms with Gasteiger partial charge in [-0.3, -0.25) is 4.79 Å². The molecule has 21 heavy (non-hydrogen) atoms. The van der Waals surface area contributed by atoms with Crippen LogP contribution in [0, 0.1) is 0 Å². The molecule has 3 N–H and O–H groups in total. The Morgan fingerprint density at radius 2 is 2.24 bits per heavy atom. The van der Waals surface area contributed by atoms with Crippen LogP contribution in [0.2, 0.25) is 0 Å². The van der Waals surface area contributed by atoms with Crippen LogP contribution in [0.5, 0.6) is 5.75 Å². The summed E-state index contributed by atoms with van der Waals surface area (Å²) in [6.45, 7) is 0.668. The largest absolute Gasteiger partial charge is 0.483 e. The maximum absolute atomic E-state index is 11.8. The third-order valence-electron chi connectivity index (χ3n) is 2.92. The number of amides is 1. The smallest absolute Gasteiger partial charge is 0.257 e. The van der Waals surface area contributed by atoms with E-state index in [1.807, 2.05) is 35.7 Å². The van der Waals surface area contributed by atoms with Crippen LogP contribution < -0.4 is 15.8 Å². The molecule has 1 unspecified atom stereocenters. The lowest BCUT2D eigenvalue weighted by molar-refractivity contribution is -0.123. The Morgan fingerprint density at radius 3 is 2.95 bits per heavy atom. The van der Waals surface area contributed by atoms with Crippen LogP contribution in [0.4, 0.5) is 0 Å². The molecular formula is C14H18N2O2S3. The molecule has 1 amide bonds. The standard InChI is InChI=1S/C14H18N2O2S3/c15-14(19)11-3-1-2-4-12(11)18-8-13(17)16-7-10-9-20-5-6-21-10/h1-4,10H,5-9H2,(H2,15,19)(H,16,17). The summed E-state index contributed by atoms with van der Waals surface area (Å²) in [5, 5.41) is 3.41. The fraction of sp³-hybridized carbons (Fsp3) is 0.429. The molecule has 0 radical (unpaired) electrons. The molecule has 1 aromatic rings. The maximum Gasteiger partial charge on any atom is 0.257 e. The lowest BCUT2D eigenvalue weighted by atomic mass is 10.2. The summed E-state index contributed by atoms with van der Waals surface area (Å²) in [5.74, 6) is 3.87. The van der Waals surface area contributed by atoms with Gasteiger partial charge in [-0.15, -0.1) is 0 Å². The van der Waals surface area contributed by atoms with Crippen molar-refractivity contribution >= 4 is 46.6 Å². The Labute approximate surface area is 138 Å². The first-order valence-corrected chi connectivity index (χ1v) is 9.25. The molecule has 4 nitrogen and oxygen atoms in total. The van der Waals surface area contributed by atoms with Gasteiger partial charge < -0.3 is 15.8 Å². The fourth-order valence-corrected chi connectivity index (χ4v) is 4.65. The zero-order valence-electron chi connectivity index (χ0n) is 11.5. The second-order valence-electron chi connectivity index (χ2n) is 4.52. The summed E-state index contributed by atoms with van der Waals surface area (Å²) < 4.78 is 5.51. The van der Waals surface area contributed by atoms with Crippen LogP contribution in [-0.4, -0.2) is 46.6 Å². The zero-order chi connectivity index (χ0) is 15.1. The van der Waals surface area contributed by atoms with Crippen molar-refractivity contribution in [1.29, 1.82) is 0 Å². The van der Waals surface area contributed by atoms with Crippen molar-refractivity contribution in [2.45, 2.75) is 5.25 Å². The van der Waals surface area contributed by atoms with Crippen molar-refractivity contribution < 1.29 is 9.53 Å². The number of para-hydroxylation sites is 1. The molecule has 1 aromatic carbocycles. The average molecular weight is 343 g/mol. The molecule has 1 atom stereocenters. The van der Waals surface area contributed by atoms with E-state index in [9.17, 15) is 4.79 Å². The molecule has 1 aliphatic rings. The molecule has 0 bridgehead atoms.